The maximum absolute atomic E-state index is 14.0. The van der Waals surface area contributed by atoms with Crippen molar-refractivity contribution in [2.24, 2.45) is 17.8 Å². The van der Waals surface area contributed by atoms with Crippen molar-refractivity contribution < 1.29 is 29.3 Å². The second kappa shape index (κ2) is 10.1. The van der Waals surface area contributed by atoms with Crippen LogP contribution in [0.3, 0.4) is 0 Å². The number of rotatable bonds is 13. The lowest BCUT2D eigenvalue weighted by atomic mass is 9.62. The number of hydrogen-bond donors (Lipinski definition) is 2. The third kappa shape index (κ3) is 4.20. The number of hydrogen-bond acceptors (Lipinski definition) is 5. The van der Waals surface area contributed by atoms with Gasteiger partial charge in [0, 0.05) is 26.2 Å². The summed E-state index contributed by atoms with van der Waals surface area (Å²) in [5.74, 6) is -3.36. The van der Waals surface area contributed by atoms with Crippen molar-refractivity contribution >= 4 is 17.8 Å². The third-order valence-corrected chi connectivity index (χ3v) is 8.06. The minimum atomic E-state index is -1.11. The molecule has 186 valence electrons. The lowest BCUT2D eigenvalue weighted by molar-refractivity contribution is -0.157. The van der Waals surface area contributed by atoms with E-state index in [-0.39, 0.29) is 24.3 Å². The molecular formula is C25H40N2O6. The Morgan fingerprint density at radius 3 is 2.58 bits per heavy atom. The number of carboxylic acids is 1. The molecule has 0 aromatic heterocycles. The summed E-state index contributed by atoms with van der Waals surface area (Å²) in [7, 11) is 0. The van der Waals surface area contributed by atoms with Crippen LogP contribution < -0.4 is 0 Å². The van der Waals surface area contributed by atoms with Crippen LogP contribution >= 0.6 is 0 Å². The van der Waals surface area contributed by atoms with E-state index in [1.54, 1.807) is 22.8 Å². The number of carbonyl (C=O) groups is 3. The van der Waals surface area contributed by atoms with E-state index >= 15 is 0 Å². The maximum Gasteiger partial charge on any atom is 0.310 e. The Kier molecular flexibility index (Phi) is 7.89. The Labute approximate surface area is 196 Å². The number of ether oxygens (including phenoxy) is 1. The summed E-state index contributed by atoms with van der Waals surface area (Å²) in [6, 6.07) is -0.821. The molecule has 2 N–H and O–H groups in total. The molecule has 0 aliphatic carbocycles. The normalized spacial score (nSPS) is 34.5. The Morgan fingerprint density at radius 1 is 1.27 bits per heavy atom. The molecule has 8 heteroatoms. The van der Waals surface area contributed by atoms with Crippen LogP contribution in [0, 0.1) is 17.8 Å². The fourth-order valence-electron chi connectivity index (χ4n) is 6.35. The predicted molar refractivity (Wildman–Crippen MR) is 123 cm³/mol. The Hall–Kier alpha value is -1.93. The number of unbranched alkanes of at least 4 members (excludes halogenated alkanes) is 4. The number of aliphatic carboxylic acids is 1. The van der Waals surface area contributed by atoms with Crippen molar-refractivity contribution in [1.82, 2.24) is 9.80 Å². The first-order valence-corrected chi connectivity index (χ1v) is 12.4. The molecule has 3 rings (SSSR count). The topological polar surface area (TPSA) is 107 Å². The summed E-state index contributed by atoms with van der Waals surface area (Å²) in [4.78, 5) is 43.4. The van der Waals surface area contributed by atoms with E-state index in [2.05, 4.69) is 13.5 Å². The molecule has 0 aromatic rings. The highest BCUT2D eigenvalue weighted by Crippen LogP contribution is 2.65. The summed E-state index contributed by atoms with van der Waals surface area (Å²) in [6.45, 7) is 11.1. The molecule has 3 aliphatic heterocycles. The Morgan fingerprint density at radius 2 is 1.97 bits per heavy atom. The molecule has 6 atom stereocenters. The molecule has 3 heterocycles. The molecule has 0 saturated carbocycles. The monoisotopic (exact) mass is 464 g/mol. The van der Waals surface area contributed by atoms with E-state index in [0.717, 1.165) is 25.7 Å². The van der Waals surface area contributed by atoms with Crippen molar-refractivity contribution in [1.29, 1.82) is 0 Å². The molecule has 33 heavy (non-hydrogen) atoms. The summed E-state index contributed by atoms with van der Waals surface area (Å²) in [5, 5.41) is 19.1. The van der Waals surface area contributed by atoms with E-state index < -0.39 is 35.0 Å². The molecule has 8 nitrogen and oxygen atoms in total. The largest absolute Gasteiger partial charge is 0.481 e. The van der Waals surface area contributed by atoms with Crippen molar-refractivity contribution in [2.75, 3.05) is 26.2 Å². The van der Waals surface area contributed by atoms with Crippen molar-refractivity contribution in [2.45, 2.75) is 83.0 Å². The second-order valence-electron chi connectivity index (χ2n) is 10.1. The molecule has 3 saturated heterocycles. The van der Waals surface area contributed by atoms with Crippen LogP contribution in [0.2, 0.25) is 0 Å². The number of nitrogens with zero attached hydrogens (tertiary/aromatic N) is 2. The van der Waals surface area contributed by atoms with Crippen molar-refractivity contribution in [3.8, 4) is 0 Å². The zero-order valence-electron chi connectivity index (χ0n) is 20.3. The lowest BCUT2D eigenvalue weighted by Crippen LogP contribution is -2.56. The summed E-state index contributed by atoms with van der Waals surface area (Å²) >= 11 is 0. The van der Waals surface area contributed by atoms with Gasteiger partial charge in [0.15, 0.2) is 0 Å². The number of aliphatic hydroxyl groups excluding tert-OH is 1. The number of fused-ring (bicyclic) bond motifs is 1. The van der Waals surface area contributed by atoms with Crippen LogP contribution in [-0.2, 0) is 19.1 Å². The summed E-state index contributed by atoms with van der Waals surface area (Å²) in [6.07, 6.45) is 7.02. The van der Waals surface area contributed by atoms with Crippen molar-refractivity contribution in [3.05, 3.63) is 12.7 Å². The standard InChI is InChI=1S/C25H40N2O6/c1-5-7-13-26(12-6-2)22(30)20-25-16-17(3)24(4,33-25)19(23(31)32)18(25)21(29)27(20)14-10-8-9-11-15-28/h6,17-20,28H,2,5,7-16H2,1,3-4H3,(H,31,32)/t17?,18-,19-,20?,24+,25?/m0/s1. The minimum Gasteiger partial charge on any atom is -0.481 e. The molecule has 0 aromatic carbocycles. The number of aliphatic hydroxyl groups is 1. The highest BCUT2D eigenvalue weighted by atomic mass is 16.5. The maximum atomic E-state index is 14.0. The van der Waals surface area contributed by atoms with E-state index in [1.165, 1.54) is 0 Å². The molecule has 1 spiro atoms. The zero-order valence-corrected chi connectivity index (χ0v) is 20.3. The highest BCUT2D eigenvalue weighted by Gasteiger charge is 2.80. The number of amides is 2. The lowest BCUT2D eigenvalue weighted by Gasteiger charge is -2.37. The summed E-state index contributed by atoms with van der Waals surface area (Å²) < 4.78 is 6.52. The van der Waals surface area contributed by atoms with Gasteiger partial charge in [-0.3, -0.25) is 14.4 Å². The van der Waals surface area contributed by atoms with Crippen LogP contribution in [0.5, 0.6) is 0 Å². The first-order chi connectivity index (χ1) is 15.7. The molecule has 2 bridgehead atoms. The van der Waals surface area contributed by atoms with E-state index in [0.29, 0.717) is 38.9 Å². The van der Waals surface area contributed by atoms with Crippen molar-refractivity contribution in [3.63, 3.8) is 0 Å². The molecule has 2 amide bonds. The minimum absolute atomic E-state index is 0.0778. The average molecular weight is 465 g/mol. The third-order valence-electron chi connectivity index (χ3n) is 8.06. The Balaban J connectivity index is 1.97. The quantitative estimate of drug-likeness (QED) is 0.320. The number of likely N-dealkylation sites (tertiary alicyclic amines) is 1. The molecule has 3 aliphatic rings. The average Bonchev–Trinajstić information content (AvgIpc) is 3.27. The molecular weight excluding hydrogens is 424 g/mol. The van der Waals surface area contributed by atoms with Gasteiger partial charge in [0.25, 0.3) is 0 Å². The van der Waals surface area contributed by atoms with Crippen LogP contribution in [0.4, 0.5) is 0 Å². The molecule has 3 fully saturated rings. The number of carbonyl (C=O) groups excluding carboxylic acids is 2. The second-order valence-corrected chi connectivity index (χ2v) is 10.1. The van der Waals surface area contributed by atoms with Gasteiger partial charge in [0.1, 0.15) is 17.6 Å². The van der Waals surface area contributed by atoms with E-state index in [9.17, 15) is 19.5 Å². The van der Waals surface area contributed by atoms with Crippen LogP contribution in [0.15, 0.2) is 12.7 Å². The fraction of sp³-hybridized carbons (Fsp3) is 0.800. The molecule has 0 radical (unpaired) electrons. The SMILES string of the molecule is C=CCN(CCCC)C(=O)C1N(CCCCCCO)C(=O)[C@@H]2[C@@H](C(=O)O)[C@]3(C)OC12CC3C. The van der Waals surface area contributed by atoms with E-state index in [4.69, 9.17) is 9.84 Å². The van der Waals surface area contributed by atoms with Gasteiger partial charge in [-0.25, -0.2) is 0 Å². The van der Waals surface area contributed by atoms with Gasteiger partial charge in [-0.2, -0.15) is 0 Å². The van der Waals surface area contributed by atoms with E-state index in [1.807, 2.05) is 6.92 Å². The van der Waals surface area contributed by atoms with Crippen LogP contribution in [-0.4, -0.2) is 81.3 Å². The first-order valence-electron chi connectivity index (χ1n) is 12.4. The zero-order chi connectivity index (χ0) is 24.4. The van der Waals surface area contributed by atoms with Crippen LogP contribution in [0.25, 0.3) is 0 Å². The predicted octanol–water partition coefficient (Wildman–Crippen LogP) is 2.45. The Bertz CT molecular complexity index is 772. The summed E-state index contributed by atoms with van der Waals surface area (Å²) in [5.41, 5.74) is -2.08. The van der Waals surface area contributed by atoms with Gasteiger partial charge in [0.05, 0.1) is 11.5 Å². The molecule has 3 unspecified atom stereocenters. The fourth-order valence-corrected chi connectivity index (χ4v) is 6.35. The van der Waals surface area contributed by atoms with Gasteiger partial charge in [-0.05, 0) is 38.5 Å². The van der Waals surface area contributed by atoms with Gasteiger partial charge in [-0.1, -0.05) is 39.2 Å². The van der Waals surface area contributed by atoms with Gasteiger partial charge in [-0.15, -0.1) is 6.58 Å². The smallest absolute Gasteiger partial charge is 0.310 e. The van der Waals surface area contributed by atoms with Gasteiger partial charge >= 0.3 is 5.97 Å². The highest BCUT2D eigenvalue weighted by molar-refractivity contribution is 5.98. The van der Waals surface area contributed by atoms with Crippen LogP contribution in [0.1, 0.15) is 65.7 Å². The first kappa shape index (κ1) is 25.7. The number of carboxylic acid groups (broad SMARTS) is 1. The van der Waals surface area contributed by atoms with Gasteiger partial charge in [0.2, 0.25) is 11.8 Å². The van der Waals surface area contributed by atoms with Gasteiger partial charge < -0.3 is 24.7 Å².